The molecule has 9 heteroatoms. The summed E-state index contributed by atoms with van der Waals surface area (Å²) in [6.45, 7) is 8.42. The van der Waals surface area contributed by atoms with Gasteiger partial charge in [-0.1, -0.05) is 12.1 Å². The summed E-state index contributed by atoms with van der Waals surface area (Å²) in [6.07, 6.45) is 2.96. The minimum absolute atomic E-state index is 0.280. The molecule has 0 radical (unpaired) electrons. The van der Waals surface area contributed by atoms with Crippen LogP contribution in [0.4, 0.5) is 0 Å². The average Bonchev–Trinajstić information content (AvgIpc) is 3.18. The van der Waals surface area contributed by atoms with Gasteiger partial charge in [-0.05, 0) is 37.8 Å². The average molecular weight is 441 g/mol. The van der Waals surface area contributed by atoms with Crippen molar-refractivity contribution in [3.8, 4) is 5.75 Å². The van der Waals surface area contributed by atoms with E-state index in [0.717, 1.165) is 42.2 Å². The molecule has 1 unspecified atom stereocenters. The van der Waals surface area contributed by atoms with Crippen LogP contribution in [-0.4, -0.2) is 71.4 Å². The van der Waals surface area contributed by atoms with Crippen molar-refractivity contribution in [2.75, 3.05) is 52.8 Å². The molecule has 1 aliphatic rings. The monoisotopic (exact) mass is 440 g/mol. The Labute approximate surface area is 181 Å². The number of benzene rings is 1. The molecule has 0 bridgehead atoms. The highest BCUT2D eigenvalue weighted by Gasteiger charge is 2.28. The lowest BCUT2D eigenvalue weighted by molar-refractivity contribution is 0.172. The number of aryl methyl sites for hydroxylation is 1. The fraction of sp³-hybridized carbons (Fsp3) is 0.667. The minimum atomic E-state index is -3.11. The lowest BCUT2D eigenvalue weighted by Crippen LogP contribution is -2.40. The van der Waals surface area contributed by atoms with Crippen LogP contribution in [0.3, 0.4) is 0 Å². The van der Waals surface area contributed by atoms with Crippen molar-refractivity contribution in [1.29, 1.82) is 0 Å². The van der Waals surface area contributed by atoms with Gasteiger partial charge in [-0.2, -0.15) is 0 Å². The van der Waals surface area contributed by atoms with Gasteiger partial charge in [0.25, 0.3) is 0 Å². The van der Waals surface area contributed by atoms with E-state index in [0.29, 0.717) is 39.4 Å². The standard InChI is InChI=1S/C21H36N4O4S/c1-5-22-21(23-14-18-9-10-25(16-18)30(4,26)27)24-15-19-8-7-17(2)13-20(19)29-12-6-11-28-3/h7-8,13,18H,5-6,9-12,14-16H2,1-4H3,(H2,22,23,24). The van der Waals surface area contributed by atoms with Crippen LogP contribution < -0.4 is 15.4 Å². The Bertz CT molecular complexity index is 798. The third kappa shape index (κ3) is 8.12. The van der Waals surface area contributed by atoms with Crippen molar-refractivity contribution in [1.82, 2.24) is 14.9 Å². The van der Waals surface area contributed by atoms with Crippen molar-refractivity contribution in [3.05, 3.63) is 29.3 Å². The third-order valence-corrected chi connectivity index (χ3v) is 6.27. The maximum atomic E-state index is 11.7. The Kier molecular flexibility index (Phi) is 9.87. The zero-order chi connectivity index (χ0) is 22.0. The quantitative estimate of drug-likeness (QED) is 0.309. The van der Waals surface area contributed by atoms with Crippen LogP contribution in [0.2, 0.25) is 0 Å². The lowest BCUT2D eigenvalue weighted by atomic mass is 10.1. The van der Waals surface area contributed by atoms with Crippen LogP contribution in [-0.2, 0) is 21.3 Å². The van der Waals surface area contributed by atoms with Crippen LogP contribution >= 0.6 is 0 Å². The molecule has 1 aliphatic heterocycles. The Hall–Kier alpha value is -1.84. The molecule has 1 aromatic carbocycles. The predicted molar refractivity (Wildman–Crippen MR) is 121 cm³/mol. The van der Waals surface area contributed by atoms with Crippen LogP contribution in [0.25, 0.3) is 0 Å². The summed E-state index contributed by atoms with van der Waals surface area (Å²) in [5.74, 6) is 1.86. The number of methoxy groups -OCH3 is 1. The molecular formula is C21H36N4O4S. The first kappa shape index (κ1) is 24.4. The van der Waals surface area contributed by atoms with Gasteiger partial charge in [-0.15, -0.1) is 0 Å². The summed E-state index contributed by atoms with van der Waals surface area (Å²) in [4.78, 5) is 4.71. The fourth-order valence-corrected chi connectivity index (χ4v) is 4.24. The summed E-state index contributed by atoms with van der Waals surface area (Å²) < 4.78 is 36.0. The first-order chi connectivity index (χ1) is 14.3. The number of nitrogens with zero attached hydrogens (tertiary/aromatic N) is 2. The topological polar surface area (TPSA) is 92.3 Å². The van der Waals surface area contributed by atoms with E-state index in [1.165, 1.54) is 6.26 Å². The molecule has 2 N–H and O–H groups in total. The second-order valence-electron chi connectivity index (χ2n) is 7.66. The molecular weight excluding hydrogens is 404 g/mol. The number of hydrogen-bond donors (Lipinski definition) is 2. The summed E-state index contributed by atoms with van der Waals surface area (Å²) in [5.41, 5.74) is 2.17. The molecule has 170 valence electrons. The van der Waals surface area contributed by atoms with E-state index in [2.05, 4.69) is 22.8 Å². The molecule has 0 aromatic heterocycles. The van der Waals surface area contributed by atoms with Gasteiger partial charge >= 0.3 is 0 Å². The minimum Gasteiger partial charge on any atom is -0.493 e. The fourth-order valence-electron chi connectivity index (χ4n) is 3.32. The smallest absolute Gasteiger partial charge is 0.211 e. The molecule has 0 amide bonds. The SMILES string of the molecule is CCNC(=NCc1ccc(C)cc1OCCCOC)NCC1CCN(S(C)(=O)=O)C1. The second-order valence-corrected chi connectivity index (χ2v) is 9.64. The molecule has 30 heavy (non-hydrogen) atoms. The molecule has 1 heterocycles. The van der Waals surface area contributed by atoms with Gasteiger partial charge in [0.1, 0.15) is 5.75 Å². The van der Waals surface area contributed by atoms with Crippen molar-refractivity contribution in [2.45, 2.75) is 33.2 Å². The molecule has 1 saturated heterocycles. The molecule has 0 saturated carbocycles. The number of ether oxygens (including phenoxy) is 2. The van der Waals surface area contributed by atoms with Crippen molar-refractivity contribution < 1.29 is 17.9 Å². The van der Waals surface area contributed by atoms with E-state index in [-0.39, 0.29) is 5.92 Å². The molecule has 2 rings (SSSR count). The number of rotatable bonds is 11. The van der Waals surface area contributed by atoms with Gasteiger partial charge in [-0.25, -0.2) is 17.7 Å². The van der Waals surface area contributed by atoms with E-state index in [9.17, 15) is 8.42 Å². The van der Waals surface area contributed by atoms with E-state index in [1.54, 1.807) is 11.4 Å². The Morgan fingerprint density at radius 1 is 1.30 bits per heavy atom. The summed E-state index contributed by atoms with van der Waals surface area (Å²) in [7, 11) is -1.43. The first-order valence-corrected chi connectivity index (χ1v) is 12.4. The number of aliphatic imine (C=N–C) groups is 1. The zero-order valence-corrected chi connectivity index (χ0v) is 19.4. The Morgan fingerprint density at radius 3 is 2.77 bits per heavy atom. The number of guanidine groups is 1. The highest BCUT2D eigenvalue weighted by atomic mass is 32.2. The second kappa shape index (κ2) is 12.1. The third-order valence-electron chi connectivity index (χ3n) is 5.00. The largest absolute Gasteiger partial charge is 0.493 e. The number of sulfonamides is 1. The van der Waals surface area contributed by atoms with Crippen molar-refractivity contribution in [3.63, 3.8) is 0 Å². The highest BCUT2D eigenvalue weighted by Crippen LogP contribution is 2.22. The highest BCUT2D eigenvalue weighted by molar-refractivity contribution is 7.88. The molecule has 0 spiro atoms. The van der Waals surface area contributed by atoms with E-state index >= 15 is 0 Å². The predicted octanol–water partition coefficient (Wildman–Crippen LogP) is 1.75. The van der Waals surface area contributed by atoms with E-state index in [4.69, 9.17) is 14.5 Å². The zero-order valence-electron chi connectivity index (χ0n) is 18.6. The first-order valence-electron chi connectivity index (χ1n) is 10.5. The van der Waals surface area contributed by atoms with E-state index < -0.39 is 10.0 Å². The molecule has 1 aromatic rings. The van der Waals surface area contributed by atoms with Crippen molar-refractivity contribution in [2.24, 2.45) is 10.9 Å². The molecule has 8 nitrogen and oxygen atoms in total. The van der Waals surface area contributed by atoms with E-state index in [1.807, 2.05) is 19.9 Å². The van der Waals surface area contributed by atoms with Gasteiger partial charge in [0.05, 0.1) is 19.4 Å². The normalized spacial score (nSPS) is 17.9. The van der Waals surface area contributed by atoms with Gasteiger partial charge in [-0.3, -0.25) is 0 Å². The summed E-state index contributed by atoms with van der Waals surface area (Å²) in [6, 6.07) is 6.15. The molecule has 0 aliphatic carbocycles. The van der Waals surface area contributed by atoms with Gasteiger partial charge in [0.2, 0.25) is 10.0 Å². The summed E-state index contributed by atoms with van der Waals surface area (Å²) in [5, 5.41) is 6.61. The summed E-state index contributed by atoms with van der Waals surface area (Å²) >= 11 is 0. The van der Waals surface area contributed by atoms with Gasteiger partial charge in [0.15, 0.2) is 5.96 Å². The maximum Gasteiger partial charge on any atom is 0.211 e. The number of nitrogens with one attached hydrogen (secondary N) is 2. The maximum absolute atomic E-state index is 11.7. The van der Waals surface area contributed by atoms with Crippen LogP contribution in [0.15, 0.2) is 23.2 Å². The Balaban J connectivity index is 1.95. The molecule has 1 atom stereocenters. The Morgan fingerprint density at radius 2 is 2.10 bits per heavy atom. The van der Waals surface area contributed by atoms with Crippen molar-refractivity contribution >= 4 is 16.0 Å². The van der Waals surface area contributed by atoms with Gasteiger partial charge < -0.3 is 20.1 Å². The van der Waals surface area contributed by atoms with Crippen LogP contribution in [0.5, 0.6) is 5.75 Å². The van der Waals surface area contributed by atoms with Crippen LogP contribution in [0, 0.1) is 12.8 Å². The van der Waals surface area contributed by atoms with Crippen LogP contribution in [0.1, 0.15) is 30.9 Å². The molecule has 1 fully saturated rings. The number of hydrogen-bond acceptors (Lipinski definition) is 5. The van der Waals surface area contributed by atoms with Gasteiger partial charge in [0, 0.05) is 51.9 Å². The lowest BCUT2D eigenvalue weighted by Gasteiger charge is -2.16.